The van der Waals surface area contributed by atoms with E-state index in [0.29, 0.717) is 11.8 Å². The van der Waals surface area contributed by atoms with Crippen LogP contribution in [0, 0.1) is 5.41 Å². The van der Waals surface area contributed by atoms with Crippen LogP contribution in [0.5, 0.6) is 0 Å². The molecule has 0 saturated carbocycles. The van der Waals surface area contributed by atoms with Gasteiger partial charge in [0.05, 0.1) is 11.9 Å². The summed E-state index contributed by atoms with van der Waals surface area (Å²) in [6, 6.07) is 26.2. The van der Waals surface area contributed by atoms with E-state index in [-0.39, 0.29) is 17.0 Å². The molecule has 3 aliphatic rings. The predicted molar refractivity (Wildman–Crippen MR) is 161 cm³/mol. The minimum Gasteiger partial charge on any atom is -0.301 e. The number of fused-ring (bicyclic) bond motifs is 8. The molecule has 1 aromatic heterocycles. The monoisotopic (exact) mass is 512 g/mol. The Kier molecular flexibility index (Phi) is 5.13. The molecule has 0 spiro atoms. The zero-order chi connectivity index (χ0) is 27.1. The standard InChI is InChI=1S/C35H36N4/c1-22(2)25-15-12-16-26(23(3)4)30(25)28-21-36-31-32(37-28)39-29-18-11-10-17-27(29)34(5)19-20-35(34,6)33(39)38(31)24-13-8-7-9-14-24/h7-23,33H,1-6H3. The molecule has 0 saturated heterocycles. The highest BCUT2D eigenvalue weighted by Crippen LogP contribution is 2.66. The van der Waals surface area contributed by atoms with Crippen LogP contribution in [0.15, 0.2) is 91.1 Å². The van der Waals surface area contributed by atoms with Gasteiger partial charge < -0.3 is 9.80 Å². The van der Waals surface area contributed by atoms with Gasteiger partial charge in [0, 0.05) is 27.8 Å². The van der Waals surface area contributed by atoms with Gasteiger partial charge in [0.2, 0.25) is 0 Å². The largest absolute Gasteiger partial charge is 0.301 e. The van der Waals surface area contributed by atoms with Crippen LogP contribution in [0.4, 0.5) is 23.0 Å². The van der Waals surface area contributed by atoms with Gasteiger partial charge in [-0.3, -0.25) is 0 Å². The number of hydrogen-bond acceptors (Lipinski definition) is 4. The van der Waals surface area contributed by atoms with Gasteiger partial charge in [-0.05, 0) is 46.7 Å². The van der Waals surface area contributed by atoms with Crippen molar-refractivity contribution in [1.29, 1.82) is 0 Å². The van der Waals surface area contributed by atoms with Gasteiger partial charge in [-0.1, -0.05) is 108 Å². The van der Waals surface area contributed by atoms with Crippen LogP contribution >= 0.6 is 0 Å². The first-order valence-corrected chi connectivity index (χ1v) is 14.2. The maximum atomic E-state index is 5.50. The number of benzene rings is 3. The predicted octanol–water partition coefficient (Wildman–Crippen LogP) is 8.85. The lowest BCUT2D eigenvalue weighted by Gasteiger charge is -2.61. The number of nitrogens with zero attached hydrogens (tertiary/aromatic N) is 4. The van der Waals surface area contributed by atoms with E-state index in [1.54, 1.807) is 0 Å². The normalized spacial score (nSPS) is 24.4. The second kappa shape index (κ2) is 8.29. The maximum absolute atomic E-state index is 5.50. The lowest BCUT2D eigenvalue weighted by molar-refractivity contribution is 0.174. The van der Waals surface area contributed by atoms with E-state index in [1.807, 2.05) is 6.20 Å². The third-order valence-corrected chi connectivity index (χ3v) is 9.49. The lowest BCUT2D eigenvalue weighted by Crippen LogP contribution is -2.64. The summed E-state index contributed by atoms with van der Waals surface area (Å²) >= 11 is 0. The minimum absolute atomic E-state index is 0.0277. The quantitative estimate of drug-likeness (QED) is 0.256. The maximum Gasteiger partial charge on any atom is 0.179 e. The van der Waals surface area contributed by atoms with Gasteiger partial charge in [-0.15, -0.1) is 0 Å². The molecule has 39 heavy (non-hydrogen) atoms. The molecule has 2 aliphatic heterocycles. The Morgan fingerprint density at radius 3 is 2.03 bits per heavy atom. The van der Waals surface area contributed by atoms with Crippen molar-refractivity contribution < 1.29 is 0 Å². The highest BCUT2D eigenvalue weighted by atomic mass is 15.5. The fourth-order valence-corrected chi connectivity index (χ4v) is 7.11. The Morgan fingerprint density at radius 1 is 0.718 bits per heavy atom. The average Bonchev–Trinajstić information content (AvgIpc) is 3.29. The van der Waals surface area contributed by atoms with E-state index in [9.17, 15) is 0 Å². The Morgan fingerprint density at radius 2 is 1.38 bits per heavy atom. The smallest absolute Gasteiger partial charge is 0.179 e. The number of hydrogen-bond donors (Lipinski definition) is 0. The average molecular weight is 513 g/mol. The Bertz CT molecular complexity index is 1590. The first-order chi connectivity index (χ1) is 18.8. The van der Waals surface area contributed by atoms with E-state index >= 15 is 0 Å². The van der Waals surface area contributed by atoms with Crippen molar-refractivity contribution in [2.24, 2.45) is 5.41 Å². The van der Waals surface area contributed by atoms with Crippen LogP contribution in [0.1, 0.15) is 70.1 Å². The van der Waals surface area contributed by atoms with Crippen molar-refractivity contribution in [3.63, 3.8) is 0 Å². The second-order valence-electron chi connectivity index (χ2n) is 12.3. The molecule has 3 unspecified atom stereocenters. The summed E-state index contributed by atoms with van der Waals surface area (Å²) in [7, 11) is 0. The molecule has 0 amide bonds. The Hall–Kier alpha value is -3.92. The molecule has 0 bridgehead atoms. The highest BCUT2D eigenvalue weighted by Gasteiger charge is 2.64. The molecule has 4 nitrogen and oxygen atoms in total. The molecular formula is C35H36N4. The summed E-state index contributed by atoms with van der Waals surface area (Å²) in [6.45, 7) is 13.8. The molecule has 4 heteroatoms. The van der Waals surface area contributed by atoms with Crippen molar-refractivity contribution in [3.8, 4) is 11.3 Å². The van der Waals surface area contributed by atoms with Gasteiger partial charge in [0.25, 0.3) is 0 Å². The Labute approximate surface area is 232 Å². The summed E-state index contributed by atoms with van der Waals surface area (Å²) in [4.78, 5) is 15.6. The third kappa shape index (κ3) is 3.12. The number of rotatable bonds is 4. The third-order valence-electron chi connectivity index (χ3n) is 9.49. The topological polar surface area (TPSA) is 32.3 Å². The second-order valence-corrected chi connectivity index (χ2v) is 12.3. The van der Waals surface area contributed by atoms with Crippen molar-refractivity contribution in [2.75, 3.05) is 9.80 Å². The molecule has 3 aromatic carbocycles. The minimum atomic E-state index is -0.126. The summed E-state index contributed by atoms with van der Waals surface area (Å²) in [6.07, 6.45) is 6.81. The summed E-state index contributed by atoms with van der Waals surface area (Å²) < 4.78 is 0. The molecule has 3 atom stereocenters. The SMILES string of the molecule is CC(C)c1cccc(C(C)C)c1-c1cnc2c(n1)N1c3ccccc3C3(C)C=CC3(C)C1N2c1ccccc1. The van der Waals surface area contributed by atoms with Crippen LogP contribution in [-0.4, -0.2) is 16.1 Å². The first-order valence-electron chi connectivity index (χ1n) is 14.2. The summed E-state index contributed by atoms with van der Waals surface area (Å²) in [5, 5.41) is 0. The van der Waals surface area contributed by atoms with Gasteiger partial charge >= 0.3 is 0 Å². The van der Waals surface area contributed by atoms with E-state index in [0.717, 1.165) is 23.0 Å². The molecular weight excluding hydrogens is 476 g/mol. The fourth-order valence-electron chi connectivity index (χ4n) is 7.11. The number of para-hydroxylation sites is 2. The van der Waals surface area contributed by atoms with Crippen molar-refractivity contribution in [1.82, 2.24) is 9.97 Å². The highest BCUT2D eigenvalue weighted by molar-refractivity contribution is 5.89. The van der Waals surface area contributed by atoms with Crippen LogP contribution in [-0.2, 0) is 5.41 Å². The van der Waals surface area contributed by atoms with E-state index in [4.69, 9.17) is 9.97 Å². The zero-order valence-electron chi connectivity index (χ0n) is 23.7. The van der Waals surface area contributed by atoms with E-state index < -0.39 is 0 Å². The molecule has 3 heterocycles. The fraction of sp³-hybridized carbons (Fsp3) is 0.314. The zero-order valence-corrected chi connectivity index (χ0v) is 23.7. The van der Waals surface area contributed by atoms with Crippen LogP contribution < -0.4 is 9.80 Å². The Balaban J connectivity index is 1.52. The van der Waals surface area contributed by atoms with Crippen molar-refractivity contribution in [3.05, 3.63) is 108 Å². The van der Waals surface area contributed by atoms with Gasteiger partial charge in [0.15, 0.2) is 11.6 Å². The number of allylic oxidation sites excluding steroid dienone is 1. The van der Waals surface area contributed by atoms with Crippen LogP contribution in [0.25, 0.3) is 11.3 Å². The van der Waals surface area contributed by atoms with Crippen LogP contribution in [0.2, 0.25) is 0 Å². The van der Waals surface area contributed by atoms with E-state index in [1.165, 1.54) is 27.9 Å². The summed E-state index contributed by atoms with van der Waals surface area (Å²) in [5.74, 6) is 2.63. The summed E-state index contributed by atoms with van der Waals surface area (Å²) in [5.41, 5.74) is 8.35. The van der Waals surface area contributed by atoms with Gasteiger partial charge in [-0.2, -0.15) is 0 Å². The number of aromatic nitrogens is 2. The molecule has 0 fully saturated rings. The molecule has 196 valence electrons. The van der Waals surface area contributed by atoms with Crippen molar-refractivity contribution in [2.45, 2.75) is 65.0 Å². The molecule has 0 radical (unpaired) electrons. The van der Waals surface area contributed by atoms with Crippen LogP contribution in [0.3, 0.4) is 0 Å². The first kappa shape index (κ1) is 24.1. The lowest BCUT2D eigenvalue weighted by atomic mass is 9.51. The molecule has 1 aliphatic carbocycles. The number of anilines is 4. The molecule has 4 aromatic rings. The van der Waals surface area contributed by atoms with Crippen molar-refractivity contribution >= 4 is 23.0 Å². The molecule has 0 N–H and O–H groups in total. The van der Waals surface area contributed by atoms with E-state index in [2.05, 4.69) is 136 Å². The molecule has 7 rings (SSSR count). The van der Waals surface area contributed by atoms with Gasteiger partial charge in [-0.25, -0.2) is 9.97 Å². The van der Waals surface area contributed by atoms with Gasteiger partial charge in [0.1, 0.15) is 6.17 Å².